The van der Waals surface area contributed by atoms with E-state index in [0.29, 0.717) is 17.4 Å². The largest absolute Gasteiger partial charge is 0.484 e. The zero-order valence-electron chi connectivity index (χ0n) is 18.3. The van der Waals surface area contributed by atoms with E-state index in [9.17, 15) is 4.79 Å². The SMILES string of the molecule is CCc1ccc2nc(N(Cc3ccccn3)C(=O)COc3ccc4ccccc4c3)sc2c1. The summed E-state index contributed by atoms with van der Waals surface area (Å²) in [6.07, 6.45) is 2.69. The number of thiazole rings is 1. The van der Waals surface area contributed by atoms with Crippen LogP contribution in [0.4, 0.5) is 5.13 Å². The van der Waals surface area contributed by atoms with E-state index in [1.54, 1.807) is 11.1 Å². The van der Waals surface area contributed by atoms with Crippen LogP contribution >= 0.6 is 11.3 Å². The summed E-state index contributed by atoms with van der Waals surface area (Å²) in [6.45, 7) is 2.38. The number of pyridine rings is 1. The molecule has 5 rings (SSSR count). The van der Waals surface area contributed by atoms with E-state index < -0.39 is 0 Å². The van der Waals surface area contributed by atoms with Crippen LogP contribution in [0.25, 0.3) is 21.0 Å². The molecule has 2 heterocycles. The third-order valence-electron chi connectivity index (χ3n) is 5.51. The molecule has 5 nitrogen and oxygen atoms in total. The molecule has 0 unspecified atom stereocenters. The minimum Gasteiger partial charge on any atom is -0.484 e. The molecule has 0 N–H and O–H groups in total. The lowest BCUT2D eigenvalue weighted by molar-refractivity contribution is -0.120. The molecule has 0 bridgehead atoms. The highest BCUT2D eigenvalue weighted by Crippen LogP contribution is 2.31. The smallest absolute Gasteiger partial charge is 0.267 e. The Morgan fingerprint density at radius 2 is 1.82 bits per heavy atom. The van der Waals surface area contributed by atoms with Crippen LogP contribution in [0.5, 0.6) is 5.75 Å². The predicted octanol–water partition coefficient (Wildman–Crippen LogP) is 6.02. The van der Waals surface area contributed by atoms with E-state index in [1.165, 1.54) is 16.9 Å². The first kappa shape index (κ1) is 21.1. The van der Waals surface area contributed by atoms with Crippen molar-refractivity contribution in [2.24, 2.45) is 0 Å². The molecule has 164 valence electrons. The number of amides is 1. The second-order valence-electron chi connectivity index (χ2n) is 7.75. The van der Waals surface area contributed by atoms with Crippen molar-refractivity contribution < 1.29 is 9.53 Å². The summed E-state index contributed by atoms with van der Waals surface area (Å²) in [5.41, 5.74) is 2.94. The topological polar surface area (TPSA) is 55.3 Å². The Hall–Kier alpha value is -3.77. The van der Waals surface area contributed by atoms with Crippen molar-refractivity contribution in [3.8, 4) is 5.75 Å². The fourth-order valence-electron chi connectivity index (χ4n) is 3.69. The highest BCUT2D eigenvalue weighted by Gasteiger charge is 2.21. The van der Waals surface area contributed by atoms with Crippen LogP contribution < -0.4 is 9.64 Å². The van der Waals surface area contributed by atoms with Crippen molar-refractivity contribution in [1.29, 1.82) is 0 Å². The number of hydrogen-bond acceptors (Lipinski definition) is 5. The molecule has 0 saturated carbocycles. The van der Waals surface area contributed by atoms with Gasteiger partial charge in [-0.2, -0.15) is 0 Å². The van der Waals surface area contributed by atoms with Gasteiger partial charge in [0.05, 0.1) is 22.5 Å². The number of aryl methyl sites for hydroxylation is 1. The lowest BCUT2D eigenvalue weighted by Crippen LogP contribution is -2.34. The Balaban J connectivity index is 1.41. The molecule has 2 aromatic heterocycles. The normalized spacial score (nSPS) is 11.1. The average molecular weight is 454 g/mol. The molecule has 0 aliphatic heterocycles. The maximum Gasteiger partial charge on any atom is 0.267 e. The van der Waals surface area contributed by atoms with Crippen molar-refractivity contribution in [3.63, 3.8) is 0 Å². The molecule has 6 heteroatoms. The van der Waals surface area contributed by atoms with E-state index >= 15 is 0 Å². The lowest BCUT2D eigenvalue weighted by atomic mass is 10.1. The Labute approximate surface area is 196 Å². The second-order valence-corrected chi connectivity index (χ2v) is 8.76. The molecule has 0 aliphatic rings. The summed E-state index contributed by atoms with van der Waals surface area (Å²) in [5, 5.41) is 2.86. The van der Waals surface area contributed by atoms with Gasteiger partial charge in [-0.1, -0.05) is 60.7 Å². The van der Waals surface area contributed by atoms with E-state index in [2.05, 4.69) is 30.1 Å². The van der Waals surface area contributed by atoms with Gasteiger partial charge in [-0.3, -0.25) is 14.7 Å². The Morgan fingerprint density at radius 1 is 0.970 bits per heavy atom. The number of fused-ring (bicyclic) bond motifs is 2. The Kier molecular flexibility index (Phi) is 6.00. The molecule has 3 aromatic carbocycles. The molecule has 0 atom stereocenters. The summed E-state index contributed by atoms with van der Waals surface area (Å²) in [5.74, 6) is 0.500. The minimum absolute atomic E-state index is 0.0820. The highest BCUT2D eigenvalue weighted by atomic mass is 32.1. The molecule has 33 heavy (non-hydrogen) atoms. The van der Waals surface area contributed by atoms with Crippen molar-refractivity contribution >= 4 is 43.4 Å². The van der Waals surface area contributed by atoms with Gasteiger partial charge in [-0.25, -0.2) is 4.98 Å². The van der Waals surface area contributed by atoms with Gasteiger partial charge in [0, 0.05) is 6.20 Å². The molecular weight excluding hydrogens is 430 g/mol. The fraction of sp³-hybridized carbons (Fsp3) is 0.148. The lowest BCUT2D eigenvalue weighted by Gasteiger charge is -2.19. The molecular formula is C27H23N3O2S. The van der Waals surface area contributed by atoms with Crippen LogP contribution in [0.1, 0.15) is 18.2 Å². The number of aromatic nitrogens is 2. The van der Waals surface area contributed by atoms with Crippen LogP contribution in [0, 0.1) is 0 Å². The van der Waals surface area contributed by atoms with Gasteiger partial charge in [0.25, 0.3) is 5.91 Å². The first-order chi connectivity index (χ1) is 16.2. The first-order valence-electron chi connectivity index (χ1n) is 10.9. The summed E-state index contributed by atoms with van der Waals surface area (Å²) in [6, 6.07) is 25.9. The highest BCUT2D eigenvalue weighted by molar-refractivity contribution is 7.22. The number of anilines is 1. The number of rotatable bonds is 7. The summed E-state index contributed by atoms with van der Waals surface area (Å²) >= 11 is 1.52. The van der Waals surface area contributed by atoms with Gasteiger partial charge in [-0.05, 0) is 59.2 Å². The third-order valence-corrected chi connectivity index (χ3v) is 6.55. The van der Waals surface area contributed by atoms with Gasteiger partial charge in [0.2, 0.25) is 0 Å². The molecule has 5 aromatic rings. The molecule has 0 spiro atoms. The summed E-state index contributed by atoms with van der Waals surface area (Å²) in [7, 11) is 0. The van der Waals surface area contributed by atoms with Crippen molar-refractivity contribution in [3.05, 3.63) is 96.3 Å². The third kappa shape index (κ3) is 4.71. The molecule has 0 fully saturated rings. The van der Waals surface area contributed by atoms with E-state index in [-0.39, 0.29) is 12.5 Å². The van der Waals surface area contributed by atoms with Gasteiger partial charge in [0.1, 0.15) is 5.75 Å². The average Bonchev–Trinajstić information content (AvgIpc) is 3.29. The van der Waals surface area contributed by atoms with Gasteiger partial charge >= 0.3 is 0 Å². The fourth-order valence-corrected chi connectivity index (χ4v) is 4.73. The van der Waals surface area contributed by atoms with E-state index in [0.717, 1.165) is 33.1 Å². The van der Waals surface area contributed by atoms with Crippen LogP contribution in [0.2, 0.25) is 0 Å². The van der Waals surface area contributed by atoms with Crippen LogP contribution in [0.15, 0.2) is 85.1 Å². The van der Waals surface area contributed by atoms with Crippen molar-refractivity contribution in [2.45, 2.75) is 19.9 Å². The number of carbonyl (C=O) groups excluding carboxylic acids is 1. The number of hydrogen-bond donors (Lipinski definition) is 0. The van der Waals surface area contributed by atoms with Gasteiger partial charge in [0.15, 0.2) is 11.7 Å². The van der Waals surface area contributed by atoms with Crippen molar-refractivity contribution in [1.82, 2.24) is 9.97 Å². The molecule has 0 radical (unpaired) electrons. The van der Waals surface area contributed by atoms with E-state index in [1.807, 2.05) is 60.7 Å². The standard InChI is InChI=1S/C27H23N3O2S/c1-2-19-10-13-24-25(15-19)33-27(29-24)30(17-22-9-5-6-14-28-22)26(31)18-32-23-12-11-20-7-3-4-8-21(20)16-23/h3-16H,2,17-18H2,1H3. The Morgan fingerprint density at radius 3 is 2.64 bits per heavy atom. The summed E-state index contributed by atoms with van der Waals surface area (Å²) in [4.78, 5) is 24.1. The maximum atomic E-state index is 13.3. The quantitative estimate of drug-likeness (QED) is 0.302. The zero-order chi connectivity index (χ0) is 22.6. The zero-order valence-corrected chi connectivity index (χ0v) is 19.1. The number of benzene rings is 3. The number of ether oxygens (including phenoxy) is 1. The monoisotopic (exact) mass is 453 g/mol. The number of nitrogens with zero attached hydrogens (tertiary/aromatic N) is 3. The summed E-state index contributed by atoms with van der Waals surface area (Å²) < 4.78 is 6.96. The molecule has 1 amide bonds. The van der Waals surface area contributed by atoms with Crippen LogP contribution in [0.3, 0.4) is 0 Å². The van der Waals surface area contributed by atoms with Gasteiger partial charge < -0.3 is 4.74 Å². The van der Waals surface area contributed by atoms with Gasteiger partial charge in [-0.15, -0.1) is 0 Å². The first-order valence-corrected chi connectivity index (χ1v) is 11.7. The second kappa shape index (κ2) is 9.38. The Bertz CT molecular complexity index is 1420. The predicted molar refractivity (Wildman–Crippen MR) is 134 cm³/mol. The van der Waals surface area contributed by atoms with Crippen molar-refractivity contribution in [2.75, 3.05) is 11.5 Å². The van der Waals surface area contributed by atoms with E-state index in [4.69, 9.17) is 9.72 Å². The molecule has 0 saturated heterocycles. The van der Waals surface area contributed by atoms with Crippen LogP contribution in [-0.4, -0.2) is 22.5 Å². The number of carbonyl (C=O) groups is 1. The minimum atomic E-state index is -0.163. The molecule has 0 aliphatic carbocycles. The van der Waals surface area contributed by atoms with Crippen LogP contribution in [-0.2, 0) is 17.8 Å². The maximum absolute atomic E-state index is 13.3.